The van der Waals surface area contributed by atoms with Gasteiger partial charge in [-0.2, -0.15) is 0 Å². The van der Waals surface area contributed by atoms with E-state index in [-0.39, 0.29) is 11.8 Å². The van der Waals surface area contributed by atoms with Gasteiger partial charge in [0.25, 0.3) is 0 Å². The van der Waals surface area contributed by atoms with Crippen LogP contribution in [0.25, 0.3) is 5.69 Å². The summed E-state index contributed by atoms with van der Waals surface area (Å²) in [6, 6.07) is 9.73. The molecule has 0 N–H and O–H groups in total. The highest BCUT2D eigenvalue weighted by Crippen LogP contribution is 2.33. The van der Waals surface area contributed by atoms with Crippen LogP contribution in [0, 0.1) is 5.92 Å². The predicted molar refractivity (Wildman–Crippen MR) is 83.0 cm³/mol. The number of hydrogen-bond donors (Lipinski definition) is 0. The van der Waals surface area contributed by atoms with E-state index in [9.17, 15) is 4.79 Å². The van der Waals surface area contributed by atoms with Gasteiger partial charge in [0.15, 0.2) is 0 Å². The molecule has 0 radical (unpaired) electrons. The third kappa shape index (κ3) is 2.44. The van der Waals surface area contributed by atoms with Gasteiger partial charge in [0, 0.05) is 37.3 Å². The quantitative estimate of drug-likeness (QED) is 0.808. The molecule has 4 heteroatoms. The van der Waals surface area contributed by atoms with Crippen molar-refractivity contribution in [2.24, 2.45) is 5.92 Å². The smallest absolute Gasteiger partial charge is 0.227 e. The number of nitrogens with zero attached hydrogens (tertiary/aromatic N) is 2. The van der Waals surface area contributed by atoms with Crippen LogP contribution in [0.5, 0.6) is 5.75 Å². The van der Waals surface area contributed by atoms with Crippen LogP contribution in [0.3, 0.4) is 0 Å². The number of carbonyl (C=O) groups excluding carboxylic acids is 1. The molecule has 1 aromatic carbocycles. The summed E-state index contributed by atoms with van der Waals surface area (Å²) in [5.41, 5.74) is 1.85. The molecular formula is C17H18N2O2. The lowest BCUT2D eigenvalue weighted by molar-refractivity contribution is -0.117. The lowest BCUT2D eigenvalue weighted by Gasteiger charge is -2.21. The van der Waals surface area contributed by atoms with Crippen LogP contribution in [0.15, 0.2) is 55.4 Å². The standard InChI is InChI=1S/C17H18N2O2/c1-3-13-10-17(20)19(12-13)16-11-14(21-2)6-7-15(16)18-8-4-5-9-18/h3-9,11,13H,1,10,12H2,2H3. The summed E-state index contributed by atoms with van der Waals surface area (Å²) in [7, 11) is 1.63. The Balaban J connectivity index is 2.07. The van der Waals surface area contributed by atoms with E-state index >= 15 is 0 Å². The van der Waals surface area contributed by atoms with Gasteiger partial charge in [-0.3, -0.25) is 4.79 Å². The van der Waals surface area contributed by atoms with Crippen LogP contribution in [0.1, 0.15) is 6.42 Å². The fourth-order valence-corrected chi connectivity index (χ4v) is 2.69. The zero-order valence-corrected chi connectivity index (χ0v) is 12.0. The lowest BCUT2D eigenvalue weighted by atomic mass is 10.1. The van der Waals surface area contributed by atoms with Gasteiger partial charge in [-0.05, 0) is 24.3 Å². The van der Waals surface area contributed by atoms with Crippen molar-refractivity contribution >= 4 is 11.6 Å². The molecule has 0 bridgehead atoms. The minimum absolute atomic E-state index is 0.126. The highest BCUT2D eigenvalue weighted by Gasteiger charge is 2.30. The van der Waals surface area contributed by atoms with Gasteiger partial charge in [-0.1, -0.05) is 6.08 Å². The number of hydrogen-bond acceptors (Lipinski definition) is 2. The minimum atomic E-state index is 0.126. The molecule has 2 heterocycles. The van der Waals surface area contributed by atoms with Crippen LogP contribution < -0.4 is 9.64 Å². The summed E-state index contributed by atoms with van der Waals surface area (Å²) >= 11 is 0. The first kappa shape index (κ1) is 13.5. The van der Waals surface area contributed by atoms with Crippen molar-refractivity contribution in [2.45, 2.75) is 6.42 Å². The average Bonchev–Trinajstić information content (AvgIpc) is 3.16. The number of carbonyl (C=O) groups is 1. The first-order valence-electron chi connectivity index (χ1n) is 6.97. The Morgan fingerprint density at radius 2 is 2.05 bits per heavy atom. The van der Waals surface area contributed by atoms with Crippen molar-refractivity contribution in [3.8, 4) is 11.4 Å². The van der Waals surface area contributed by atoms with Gasteiger partial charge >= 0.3 is 0 Å². The fourth-order valence-electron chi connectivity index (χ4n) is 2.69. The van der Waals surface area contributed by atoms with Gasteiger partial charge in [0.05, 0.1) is 18.5 Å². The molecule has 1 aromatic heterocycles. The van der Waals surface area contributed by atoms with Crippen LogP contribution in [0.2, 0.25) is 0 Å². The van der Waals surface area contributed by atoms with Gasteiger partial charge < -0.3 is 14.2 Å². The summed E-state index contributed by atoms with van der Waals surface area (Å²) in [5, 5.41) is 0. The maximum absolute atomic E-state index is 12.3. The van der Waals surface area contributed by atoms with Crippen molar-refractivity contribution < 1.29 is 9.53 Å². The second-order valence-corrected chi connectivity index (χ2v) is 5.15. The molecule has 0 spiro atoms. The molecule has 2 aromatic rings. The average molecular weight is 282 g/mol. The molecule has 0 saturated carbocycles. The summed E-state index contributed by atoms with van der Waals surface area (Å²) in [6.45, 7) is 4.47. The van der Waals surface area contributed by atoms with E-state index in [4.69, 9.17) is 4.74 Å². The van der Waals surface area contributed by atoms with Crippen molar-refractivity contribution in [3.05, 3.63) is 55.4 Å². The zero-order valence-electron chi connectivity index (χ0n) is 12.0. The molecule has 1 unspecified atom stereocenters. The number of rotatable bonds is 4. The largest absolute Gasteiger partial charge is 0.497 e. The van der Waals surface area contributed by atoms with Crippen LogP contribution in [0.4, 0.5) is 5.69 Å². The van der Waals surface area contributed by atoms with Crippen molar-refractivity contribution in [1.82, 2.24) is 4.57 Å². The maximum Gasteiger partial charge on any atom is 0.227 e. The van der Waals surface area contributed by atoms with E-state index in [1.807, 2.05) is 58.3 Å². The second kappa shape index (κ2) is 5.48. The Labute approximate surface area is 124 Å². The molecule has 21 heavy (non-hydrogen) atoms. The summed E-state index contributed by atoms with van der Waals surface area (Å²) in [5.74, 6) is 1.08. The molecule has 1 amide bonds. The first-order chi connectivity index (χ1) is 10.2. The minimum Gasteiger partial charge on any atom is -0.497 e. The highest BCUT2D eigenvalue weighted by molar-refractivity contribution is 5.98. The number of ether oxygens (including phenoxy) is 1. The summed E-state index contributed by atoms with van der Waals surface area (Å²) in [4.78, 5) is 14.1. The van der Waals surface area contributed by atoms with E-state index < -0.39 is 0 Å². The summed E-state index contributed by atoms with van der Waals surface area (Å²) in [6.07, 6.45) is 6.31. The van der Waals surface area contributed by atoms with Gasteiger partial charge in [-0.25, -0.2) is 0 Å². The van der Waals surface area contributed by atoms with E-state index in [2.05, 4.69) is 6.58 Å². The third-order valence-electron chi connectivity index (χ3n) is 3.84. The molecule has 4 nitrogen and oxygen atoms in total. The SMILES string of the molecule is C=CC1CC(=O)N(c2cc(OC)ccc2-n2cccc2)C1. The Hall–Kier alpha value is -2.49. The van der Waals surface area contributed by atoms with E-state index in [1.165, 1.54) is 0 Å². The van der Waals surface area contributed by atoms with E-state index in [0.717, 1.165) is 17.1 Å². The number of anilines is 1. The molecule has 1 aliphatic rings. The first-order valence-corrected chi connectivity index (χ1v) is 6.97. The molecule has 1 atom stereocenters. The number of benzene rings is 1. The molecule has 1 aliphatic heterocycles. The zero-order chi connectivity index (χ0) is 14.8. The monoisotopic (exact) mass is 282 g/mol. The van der Waals surface area contributed by atoms with E-state index in [1.54, 1.807) is 7.11 Å². The van der Waals surface area contributed by atoms with Crippen molar-refractivity contribution in [3.63, 3.8) is 0 Å². The number of aromatic nitrogens is 1. The second-order valence-electron chi connectivity index (χ2n) is 5.15. The Kier molecular flexibility index (Phi) is 3.52. The molecule has 1 saturated heterocycles. The molecule has 3 rings (SSSR count). The van der Waals surface area contributed by atoms with Crippen LogP contribution in [-0.2, 0) is 4.79 Å². The highest BCUT2D eigenvalue weighted by atomic mass is 16.5. The Morgan fingerprint density at radius 3 is 2.67 bits per heavy atom. The topological polar surface area (TPSA) is 34.5 Å². The fraction of sp³-hybridized carbons (Fsp3) is 0.235. The molecular weight excluding hydrogens is 264 g/mol. The maximum atomic E-state index is 12.3. The Bertz CT molecular complexity index is 661. The third-order valence-corrected chi connectivity index (χ3v) is 3.84. The number of methoxy groups -OCH3 is 1. The summed E-state index contributed by atoms with van der Waals surface area (Å²) < 4.78 is 7.31. The van der Waals surface area contributed by atoms with E-state index in [0.29, 0.717) is 13.0 Å². The molecule has 1 fully saturated rings. The predicted octanol–water partition coefficient (Wildman–Crippen LogP) is 3.02. The van der Waals surface area contributed by atoms with Crippen molar-refractivity contribution in [1.29, 1.82) is 0 Å². The van der Waals surface area contributed by atoms with Crippen LogP contribution >= 0.6 is 0 Å². The number of amides is 1. The lowest BCUT2D eigenvalue weighted by Crippen LogP contribution is -2.25. The molecule has 0 aliphatic carbocycles. The van der Waals surface area contributed by atoms with Crippen LogP contribution in [-0.4, -0.2) is 24.1 Å². The van der Waals surface area contributed by atoms with Gasteiger partial charge in [-0.15, -0.1) is 6.58 Å². The Morgan fingerprint density at radius 1 is 1.29 bits per heavy atom. The van der Waals surface area contributed by atoms with Crippen molar-refractivity contribution in [2.75, 3.05) is 18.6 Å². The normalized spacial score (nSPS) is 18.0. The molecule has 108 valence electrons. The van der Waals surface area contributed by atoms with Gasteiger partial charge in [0.1, 0.15) is 5.75 Å². The van der Waals surface area contributed by atoms with Gasteiger partial charge in [0.2, 0.25) is 5.91 Å².